The number of thiazole rings is 1. The molecule has 0 atom stereocenters. The lowest BCUT2D eigenvalue weighted by Crippen LogP contribution is -2.11. The number of hydrogen-bond donors (Lipinski definition) is 0. The van der Waals surface area contributed by atoms with E-state index >= 15 is 0 Å². The molecule has 3 aromatic rings. The van der Waals surface area contributed by atoms with Gasteiger partial charge in [-0.3, -0.25) is 4.79 Å². The second-order valence-corrected chi connectivity index (χ2v) is 6.53. The molecule has 6 heteroatoms. The lowest BCUT2D eigenvalue weighted by molar-refractivity contribution is -0.133. The highest BCUT2D eigenvalue weighted by atomic mass is 32.1. The zero-order valence-corrected chi connectivity index (χ0v) is 15.2. The van der Waals surface area contributed by atoms with E-state index in [1.807, 2.05) is 36.6 Å². The predicted octanol–water partition coefficient (Wildman–Crippen LogP) is 4.05. The fraction of sp³-hybridized carbons (Fsp3) is 0.150. The monoisotopic (exact) mass is 367 g/mol. The fourth-order valence-electron chi connectivity index (χ4n) is 2.31. The van der Waals surface area contributed by atoms with Gasteiger partial charge in [-0.25, -0.2) is 9.78 Å². The minimum Gasteiger partial charge on any atom is -0.465 e. The highest BCUT2D eigenvalue weighted by Crippen LogP contribution is 2.24. The zero-order chi connectivity index (χ0) is 18.5. The molecule has 0 amide bonds. The molecule has 0 aliphatic heterocycles. The minimum atomic E-state index is -0.436. The Morgan fingerprint density at radius 1 is 1.04 bits per heavy atom. The summed E-state index contributed by atoms with van der Waals surface area (Å²) < 4.78 is 9.92. The number of ether oxygens (including phenoxy) is 2. The summed E-state index contributed by atoms with van der Waals surface area (Å²) in [4.78, 5) is 28.0. The van der Waals surface area contributed by atoms with E-state index in [0.29, 0.717) is 17.0 Å². The average molecular weight is 367 g/mol. The van der Waals surface area contributed by atoms with Crippen molar-refractivity contribution in [3.8, 4) is 16.3 Å². The Kier molecular flexibility index (Phi) is 5.43. The van der Waals surface area contributed by atoms with Crippen molar-refractivity contribution >= 4 is 23.3 Å². The van der Waals surface area contributed by atoms with Gasteiger partial charge in [-0.1, -0.05) is 29.8 Å². The van der Waals surface area contributed by atoms with Crippen molar-refractivity contribution in [3.05, 3.63) is 70.7 Å². The second kappa shape index (κ2) is 7.93. The van der Waals surface area contributed by atoms with Gasteiger partial charge in [-0.05, 0) is 31.2 Å². The molecule has 0 radical (unpaired) electrons. The van der Waals surface area contributed by atoms with E-state index in [1.54, 1.807) is 24.3 Å². The van der Waals surface area contributed by atoms with Crippen molar-refractivity contribution in [1.82, 2.24) is 4.98 Å². The van der Waals surface area contributed by atoms with Crippen LogP contribution in [0.15, 0.2) is 53.9 Å². The molecule has 0 bridgehead atoms. The molecule has 3 rings (SSSR count). The Bertz CT molecular complexity index is 914. The number of methoxy groups -OCH3 is 1. The molecule has 0 saturated heterocycles. The van der Waals surface area contributed by atoms with Crippen molar-refractivity contribution < 1.29 is 19.1 Å². The van der Waals surface area contributed by atoms with E-state index in [9.17, 15) is 9.59 Å². The Morgan fingerprint density at radius 2 is 1.73 bits per heavy atom. The molecule has 0 fully saturated rings. The quantitative estimate of drug-likeness (QED) is 0.503. The minimum absolute atomic E-state index is 0.0844. The molecule has 26 heavy (non-hydrogen) atoms. The molecule has 5 nitrogen and oxygen atoms in total. The summed E-state index contributed by atoms with van der Waals surface area (Å²) in [7, 11) is 1.31. The van der Waals surface area contributed by atoms with Crippen molar-refractivity contribution in [2.75, 3.05) is 7.11 Å². The molecule has 0 aliphatic rings. The maximum atomic E-state index is 12.1. The Labute approximate surface area is 155 Å². The molecule has 0 spiro atoms. The fourth-order valence-corrected chi connectivity index (χ4v) is 3.14. The van der Waals surface area contributed by atoms with E-state index in [0.717, 1.165) is 10.6 Å². The van der Waals surface area contributed by atoms with Gasteiger partial charge in [0.25, 0.3) is 0 Å². The molecule has 2 aromatic carbocycles. The Morgan fingerprint density at radius 3 is 2.38 bits per heavy atom. The van der Waals surface area contributed by atoms with E-state index in [-0.39, 0.29) is 6.42 Å². The molecule has 0 saturated carbocycles. The van der Waals surface area contributed by atoms with Crippen LogP contribution in [0, 0.1) is 6.92 Å². The number of aryl methyl sites for hydroxylation is 1. The number of hydrogen-bond acceptors (Lipinski definition) is 6. The molecular weight excluding hydrogens is 350 g/mol. The van der Waals surface area contributed by atoms with Crippen LogP contribution in [0.2, 0.25) is 0 Å². The van der Waals surface area contributed by atoms with Crippen LogP contribution < -0.4 is 4.74 Å². The summed E-state index contributed by atoms with van der Waals surface area (Å²) in [5.74, 6) is -0.470. The van der Waals surface area contributed by atoms with Gasteiger partial charge in [0, 0.05) is 10.9 Å². The number of aromatic nitrogens is 1. The first-order valence-electron chi connectivity index (χ1n) is 7.95. The van der Waals surface area contributed by atoms with Crippen LogP contribution in [-0.2, 0) is 16.0 Å². The Balaban J connectivity index is 1.61. The normalized spacial score (nSPS) is 10.4. The number of carbonyl (C=O) groups is 2. The first-order chi connectivity index (χ1) is 12.5. The lowest BCUT2D eigenvalue weighted by Gasteiger charge is -2.04. The van der Waals surface area contributed by atoms with Gasteiger partial charge in [0.15, 0.2) is 0 Å². The highest BCUT2D eigenvalue weighted by Gasteiger charge is 2.12. The largest absolute Gasteiger partial charge is 0.465 e. The van der Waals surface area contributed by atoms with E-state index < -0.39 is 11.9 Å². The van der Waals surface area contributed by atoms with Crippen molar-refractivity contribution in [3.63, 3.8) is 0 Å². The first-order valence-corrected chi connectivity index (χ1v) is 8.83. The van der Waals surface area contributed by atoms with Gasteiger partial charge in [-0.15, -0.1) is 11.3 Å². The van der Waals surface area contributed by atoms with Crippen LogP contribution >= 0.6 is 11.3 Å². The third-order valence-corrected chi connectivity index (χ3v) is 4.62. The molecule has 1 heterocycles. The molecule has 0 N–H and O–H groups in total. The number of nitrogens with zero attached hydrogens (tertiary/aromatic N) is 1. The van der Waals surface area contributed by atoms with Gasteiger partial charge >= 0.3 is 11.9 Å². The summed E-state index contributed by atoms with van der Waals surface area (Å²) in [5, 5.41) is 2.73. The van der Waals surface area contributed by atoms with E-state index in [4.69, 9.17) is 4.74 Å². The molecule has 0 unspecified atom stereocenters. The highest BCUT2D eigenvalue weighted by molar-refractivity contribution is 7.13. The smallest absolute Gasteiger partial charge is 0.337 e. The number of rotatable bonds is 5. The molecule has 1 aromatic heterocycles. The van der Waals surface area contributed by atoms with Crippen molar-refractivity contribution in [2.45, 2.75) is 13.3 Å². The van der Waals surface area contributed by atoms with E-state index in [2.05, 4.69) is 9.72 Å². The first kappa shape index (κ1) is 17.8. The third-order valence-electron chi connectivity index (χ3n) is 3.68. The van der Waals surface area contributed by atoms with Crippen LogP contribution in [-0.4, -0.2) is 24.0 Å². The van der Waals surface area contributed by atoms with Gasteiger partial charge in [-0.2, -0.15) is 0 Å². The van der Waals surface area contributed by atoms with Gasteiger partial charge in [0.1, 0.15) is 10.8 Å². The zero-order valence-electron chi connectivity index (χ0n) is 14.4. The van der Waals surface area contributed by atoms with Crippen LogP contribution in [0.5, 0.6) is 5.75 Å². The van der Waals surface area contributed by atoms with Crippen LogP contribution in [0.4, 0.5) is 0 Å². The number of benzene rings is 2. The topological polar surface area (TPSA) is 65.5 Å². The maximum absolute atomic E-state index is 12.1. The summed E-state index contributed by atoms with van der Waals surface area (Å²) in [6.07, 6.45) is 0.0844. The van der Waals surface area contributed by atoms with Gasteiger partial charge < -0.3 is 9.47 Å². The maximum Gasteiger partial charge on any atom is 0.337 e. The summed E-state index contributed by atoms with van der Waals surface area (Å²) in [6.45, 7) is 2.03. The van der Waals surface area contributed by atoms with Crippen LogP contribution in [0.3, 0.4) is 0 Å². The van der Waals surface area contributed by atoms with Crippen LogP contribution in [0.1, 0.15) is 21.6 Å². The summed E-state index contributed by atoms with van der Waals surface area (Å²) in [6, 6.07) is 14.3. The molecular formula is C20H17NO4S. The van der Waals surface area contributed by atoms with Crippen LogP contribution in [0.25, 0.3) is 10.6 Å². The lowest BCUT2D eigenvalue weighted by atomic mass is 10.2. The Hall–Kier alpha value is -2.99. The SMILES string of the molecule is COC(=O)c1ccc(OC(=O)Cc2csc(-c3ccc(C)cc3)n2)cc1. The second-order valence-electron chi connectivity index (χ2n) is 5.68. The number of carbonyl (C=O) groups excluding carboxylic acids is 2. The summed E-state index contributed by atoms with van der Waals surface area (Å²) >= 11 is 1.49. The molecule has 132 valence electrons. The molecule has 0 aliphatic carbocycles. The van der Waals surface area contributed by atoms with Gasteiger partial charge in [0.05, 0.1) is 24.8 Å². The van der Waals surface area contributed by atoms with E-state index in [1.165, 1.54) is 24.0 Å². The van der Waals surface area contributed by atoms with Crippen molar-refractivity contribution in [1.29, 1.82) is 0 Å². The standard InChI is InChI=1S/C20H17NO4S/c1-13-3-5-14(6-4-13)19-21-16(12-26-19)11-18(22)25-17-9-7-15(8-10-17)20(23)24-2/h3-10,12H,11H2,1-2H3. The number of esters is 2. The average Bonchev–Trinajstić information content (AvgIpc) is 3.10. The van der Waals surface area contributed by atoms with Gasteiger partial charge in [0.2, 0.25) is 0 Å². The predicted molar refractivity (Wildman–Crippen MR) is 99.4 cm³/mol. The van der Waals surface area contributed by atoms with Crippen molar-refractivity contribution in [2.24, 2.45) is 0 Å². The summed E-state index contributed by atoms with van der Waals surface area (Å²) in [5.41, 5.74) is 3.28. The third kappa shape index (κ3) is 4.34.